The molecule has 1 aromatic carbocycles. The van der Waals surface area contributed by atoms with E-state index in [1.54, 1.807) is 23.1 Å². The van der Waals surface area contributed by atoms with Gasteiger partial charge in [-0.25, -0.2) is 0 Å². The molecule has 9 heteroatoms. The zero-order chi connectivity index (χ0) is 18.8. The van der Waals surface area contributed by atoms with Crippen LogP contribution in [0, 0.1) is 5.92 Å². The Morgan fingerprint density at radius 2 is 1.85 bits per heavy atom. The van der Waals surface area contributed by atoms with Crippen molar-refractivity contribution in [2.24, 2.45) is 5.92 Å². The number of carbonyl (C=O) groups excluding carboxylic acids is 2. The summed E-state index contributed by atoms with van der Waals surface area (Å²) < 4.78 is 10.4. The van der Waals surface area contributed by atoms with Crippen LogP contribution in [0.15, 0.2) is 28.8 Å². The molecule has 2 amide bonds. The van der Waals surface area contributed by atoms with Crippen molar-refractivity contribution in [1.82, 2.24) is 19.9 Å². The average molecular weight is 391 g/mol. The monoisotopic (exact) mass is 390 g/mol. The highest BCUT2D eigenvalue weighted by molar-refractivity contribution is 6.33. The van der Waals surface area contributed by atoms with Gasteiger partial charge in [0, 0.05) is 37.7 Å². The third-order valence-electron chi connectivity index (χ3n) is 4.71. The van der Waals surface area contributed by atoms with Crippen LogP contribution in [0.5, 0.6) is 6.08 Å². The smallest absolute Gasteiger partial charge is 0.418 e. The van der Waals surface area contributed by atoms with E-state index in [4.69, 9.17) is 20.9 Å². The third kappa shape index (κ3) is 4.05. The van der Waals surface area contributed by atoms with Gasteiger partial charge < -0.3 is 14.5 Å². The lowest BCUT2D eigenvalue weighted by atomic mass is 10.2. The van der Waals surface area contributed by atoms with E-state index < -0.39 is 0 Å². The van der Waals surface area contributed by atoms with Crippen LogP contribution in [-0.2, 0) is 9.59 Å². The SMILES string of the molecule is O=C(COc1nc(-c2ccccc2Cl)no1)N1CCN(C(=O)C2CC2)CC1. The Bertz CT molecular complexity index is 843. The van der Waals surface area contributed by atoms with Crippen LogP contribution in [0.2, 0.25) is 5.02 Å². The van der Waals surface area contributed by atoms with E-state index in [1.165, 1.54) is 0 Å². The van der Waals surface area contributed by atoms with E-state index in [2.05, 4.69) is 10.1 Å². The number of halogens is 1. The summed E-state index contributed by atoms with van der Waals surface area (Å²) in [5.41, 5.74) is 0.626. The molecule has 0 unspecified atom stereocenters. The molecule has 0 radical (unpaired) electrons. The van der Waals surface area contributed by atoms with Gasteiger partial charge in [0.1, 0.15) is 0 Å². The molecule has 1 aliphatic carbocycles. The van der Waals surface area contributed by atoms with E-state index in [1.807, 2.05) is 11.0 Å². The summed E-state index contributed by atoms with van der Waals surface area (Å²) in [6.45, 7) is 1.96. The van der Waals surface area contributed by atoms with Crippen molar-refractivity contribution in [3.05, 3.63) is 29.3 Å². The molecule has 0 N–H and O–H groups in total. The Labute approximate surface area is 161 Å². The maximum atomic E-state index is 12.3. The first-order valence-electron chi connectivity index (χ1n) is 8.90. The molecule has 8 nitrogen and oxygen atoms in total. The normalized spacial score (nSPS) is 17.1. The summed E-state index contributed by atoms with van der Waals surface area (Å²) in [6, 6.07) is 7.12. The lowest BCUT2D eigenvalue weighted by Gasteiger charge is -2.34. The zero-order valence-electron chi connectivity index (χ0n) is 14.6. The van der Waals surface area contributed by atoms with Crippen LogP contribution >= 0.6 is 11.6 Å². The number of carbonyl (C=O) groups is 2. The second kappa shape index (κ2) is 7.56. The van der Waals surface area contributed by atoms with Gasteiger partial charge in [0.2, 0.25) is 11.7 Å². The summed E-state index contributed by atoms with van der Waals surface area (Å²) in [5.74, 6) is 0.554. The lowest BCUT2D eigenvalue weighted by Crippen LogP contribution is -2.52. The van der Waals surface area contributed by atoms with Gasteiger partial charge in [0.15, 0.2) is 6.61 Å². The van der Waals surface area contributed by atoms with Gasteiger partial charge in [-0.1, -0.05) is 28.9 Å². The molecule has 0 spiro atoms. The highest BCUT2D eigenvalue weighted by Gasteiger charge is 2.35. The van der Waals surface area contributed by atoms with Crippen LogP contribution < -0.4 is 4.74 Å². The molecule has 1 aromatic heterocycles. The number of benzene rings is 1. The zero-order valence-corrected chi connectivity index (χ0v) is 15.4. The molecule has 2 aromatic rings. The number of aromatic nitrogens is 2. The van der Waals surface area contributed by atoms with Crippen molar-refractivity contribution >= 4 is 23.4 Å². The predicted octanol–water partition coefficient (Wildman–Crippen LogP) is 1.85. The topological polar surface area (TPSA) is 88.8 Å². The Morgan fingerprint density at radius 3 is 2.56 bits per heavy atom. The van der Waals surface area contributed by atoms with Crippen molar-refractivity contribution in [2.45, 2.75) is 12.8 Å². The average Bonchev–Trinajstić information content (AvgIpc) is 3.44. The first-order chi connectivity index (χ1) is 13.1. The summed E-state index contributed by atoms with van der Waals surface area (Å²) in [4.78, 5) is 32.0. The lowest BCUT2D eigenvalue weighted by molar-refractivity contribution is -0.141. The molecule has 0 atom stereocenters. The highest BCUT2D eigenvalue weighted by atomic mass is 35.5. The van der Waals surface area contributed by atoms with Crippen LogP contribution in [0.1, 0.15) is 12.8 Å². The van der Waals surface area contributed by atoms with Crippen LogP contribution in [0.4, 0.5) is 0 Å². The Morgan fingerprint density at radius 1 is 1.15 bits per heavy atom. The van der Waals surface area contributed by atoms with E-state index in [9.17, 15) is 9.59 Å². The largest absolute Gasteiger partial charge is 0.439 e. The van der Waals surface area contributed by atoms with Crippen molar-refractivity contribution in [3.63, 3.8) is 0 Å². The molecule has 1 saturated heterocycles. The minimum Gasteiger partial charge on any atom is -0.439 e. The fourth-order valence-corrected chi connectivity index (χ4v) is 3.22. The second-order valence-electron chi connectivity index (χ2n) is 6.63. The number of piperazine rings is 1. The standard InChI is InChI=1S/C18H19ClN4O4/c19-14-4-2-1-3-13(14)16-20-18(27-21-16)26-11-15(24)22-7-9-23(10-8-22)17(25)12-5-6-12/h1-4,12H,5-11H2. The molecule has 27 heavy (non-hydrogen) atoms. The van der Waals surface area contributed by atoms with Gasteiger partial charge in [-0.2, -0.15) is 4.98 Å². The molecule has 4 rings (SSSR count). The number of ether oxygens (including phenoxy) is 1. The second-order valence-corrected chi connectivity index (χ2v) is 7.04. The van der Waals surface area contributed by atoms with E-state index >= 15 is 0 Å². The molecule has 142 valence electrons. The Balaban J connectivity index is 1.27. The molecular formula is C18H19ClN4O4. The maximum absolute atomic E-state index is 12.3. The van der Waals surface area contributed by atoms with E-state index in [0.717, 1.165) is 12.8 Å². The van der Waals surface area contributed by atoms with Crippen LogP contribution in [0.25, 0.3) is 11.4 Å². The summed E-state index contributed by atoms with van der Waals surface area (Å²) in [6.07, 6.45) is 1.90. The summed E-state index contributed by atoms with van der Waals surface area (Å²) in [5, 5.41) is 4.32. The predicted molar refractivity (Wildman–Crippen MR) is 96.1 cm³/mol. The summed E-state index contributed by atoms with van der Waals surface area (Å²) in [7, 11) is 0. The summed E-state index contributed by atoms with van der Waals surface area (Å²) >= 11 is 6.10. The molecule has 1 aliphatic heterocycles. The fraction of sp³-hybridized carbons (Fsp3) is 0.444. The Hall–Kier alpha value is -2.61. The van der Waals surface area contributed by atoms with Crippen molar-refractivity contribution < 1.29 is 18.8 Å². The van der Waals surface area contributed by atoms with Gasteiger partial charge in [-0.15, -0.1) is 0 Å². The van der Waals surface area contributed by atoms with E-state index in [0.29, 0.717) is 42.6 Å². The minimum atomic E-state index is -0.194. The number of rotatable bonds is 5. The van der Waals surface area contributed by atoms with Crippen molar-refractivity contribution in [2.75, 3.05) is 32.8 Å². The maximum Gasteiger partial charge on any atom is 0.418 e. The van der Waals surface area contributed by atoms with Crippen molar-refractivity contribution in [3.8, 4) is 17.5 Å². The first-order valence-corrected chi connectivity index (χ1v) is 9.27. The number of nitrogens with zero attached hydrogens (tertiary/aromatic N) is 4. The molecular weight excluding hydrogens is 372 g/mol. The van der Waals surface area contributed by atoms with Gasteiger partial charge in [-0.3, -0.25) is 14.1 Å². The van der Waals surface area contributed by atoms with Gasteiger partial charge >= 0.3 is 6.08 Å². The quantitative estimate of drug-likeness (QED) is 0.774. The molecule has 2 heterocycles. The van der Waals surface area contributed by atoms with Crippen LogP contribution in [-0.4, -0.2) is 64.5 Å². The molecule has 1 saturated carbocycles. The minimum absolute atomic E-state index is 0.0826. The number of hydrogen-bond donors (Lipinski definition) is 0. The number of hydrogen-bond acceptors (Lipinski definition) is 6. The van der Waals surface area contributed by atoms with Crippen molar-refractivity contribution in [1.29, 1.82) is 0 Å². The van der Waals surface area contributed by atoms with E-state index in [-0.39, 0.29) is 30.4 Å². The fourth-order valence-electron chi connectivity index (χ4n) is 3.00. The first kappa shape index (κ1) is 17.8. The highest BCUT2D eigenvalue weighted by Crippen LogP contribution is 2.31. The molecule has 0 bridgehead atoms. The van der Waals surface area contributed by atoms with Crippen LogP contribution in [0.3, 0.4) is 0 Å². The molecule has 2 fully saturated rings. The van der Waals surface area contributed by atoms with Gasteiger partial charge in [-0.05, 0) is 25.0 Å². The van der Waals surface area contributed by atoms with Gasteiger partial charge in [0.05, 0.1) is 5.02 Å². The molecule has 2 aliphatic rings. The van der Waals surface area contributed by atoms with Gasteiger partial charge in [0.25, 0.3) is 5.91 Å². The third-order valence-corrected chi connectivity index (χ3v) is 5.04. The Kier molecular flexibility index (Phi) is 4.98. The number of amides is 2.